The third-order valence-corrected chi connectivity index (χ3v) is 4.10. The number of thioether (sulfide) groups is 1. The van der Waals surface area contributed by atoms with Gasteiger partial charge in [-0.25, -0.2) is 9.97 Å². The van der Waals surface area contributed by atoms with E-state index < -0.39 is 0 Å². The monoisotopic (exact) mass is 287 g/mol. The average molecular weight is 287 g/mol. The topological polar surface area (TPSA) is 89.1 Å². The van der Waals surface area contributed by atoms with Crippen LogP contribution in [0.1, 0.15) is 11.3 Å². The van der Waals surface area contributed by atoms with Crippen molar-refractivity contribution in [1.82, 2.24) is 19.6 Å². The highest BCUT2D eigenvalue weighted by Crippen LogP contribution is 2.27. The molecule has 0 bridgehead atoms. The van der Waals surface area contributed by atoms with Gasteiger partial charge in [0.15, 0.2) is 0 Å². The van der Waals surface area contributed by atoms with Gasteiger partial charge in [-0.1, -0.05) is 6.07 Å². The zero-order valence-electron chi connectivity index (χ0n) is 10.8. The van der Waals surface area contributed by atoms with Crippen LogP contribution in [0.25, 0.3) is 5.78 Å². The molecule has 3 N–H and O–H groups in total. The zero-order chi connectivity index (χ0) is 14.1. The molecule has 2 heterocycles. The van der Waals surface area contributed by atoms with Gasteiger partial charge in [0.05, 0.1) is 5.69 Å². The van der Waals surface area contributed by atoms with Gasteiger partial charge in [-0.05, 0) is 24.6 Å². The minimum Gasteiger partial charge on any atom is -0.399 e. The first-order valence-corrected chi connectivity index (χ1v) is 7.03. The van der Waals surface area contributed by atoms with Crippen LogP contribution in [0.15, 0.2) is 40.3 Å². The predicted octanol–water partition coefficient (Wildman–Crippen LogP) is 1.60. The Hall–Kier alpha value is -2.28. The van der Waals surface area contributed by atoms with E-state index in [2.05, 4.69) is 15.1 Å². The van der Waals surface area contributed by atoms with Crippen LogP contribution in [0.5, 0.6) is 0 Å². The standard InChI is InChI=1S/C13H13N5OS/c1-8-2-3-9(14)4-11(8)20-6-10-5-12(19)18-13(17-10)15-7-16-18/h2-5,7H,6,14H2,1H3,(H,15,16,17). The van der Waals surface area contributed by atoms with Crippen LogP contribution in [0.2, 0.25) is 0 Å². The first-order chi connectivity index (χ1) is 9.63. The number of nitrogen functional groups attached to an aromatic ring is 1. The Labute approximate surface area is 119 Å². The van der Waals surface area contributed by atoms with Crippen molar-refractivity contribution in [2.24, 2.45) is 0 Å². The van der Waals surface area contributed by atoms with Gasteiger partial charge in [-0.3, -0.25) is 9.89 Å². The lowest BCUT2D eigenvalue weighted by atomic mass is 10.2. The number of fused-ring (bicyclic) bond motifs is 1. The lowest BCUT2D eigenvalue weighted by Gasteiger charge is -2.06. The molecule has 0 saturated heterocycles. The third kappa shape index (κ3) is 2.39. The van der Waals surface area contributed by atoms with Gasteiger partial charge in [0.2, 0.25) is 0 Å². The van der Waals surface area contributed by atoms with Crippen molar-refractivity contribution in [3.63, 3.8) is 0 Å². The van der Waals surface area contributed by atoms with Crippen LogP contribution < -0.4 is 11.3 Å². The van der Waals surface area contributed by atoms with E-state index >= 15 is 0 Å². The Morgan fingerprint density at radius 1 is 1.40 bits per heavy atom. The van der Waals surface area contributed by atoms with E-state index in [1.165, 1.54) is 16.9 Å². The molecule has 0 aliphatic rings. The maximum atomic E-state index is 11.8. The van der Waals surface area contributed by atoms with Crippen LogP contribution in [0.3, 0.4) is 0 Å². The van der Waals surface area contributed by atoms with Crippen molar-refractivity contribution in [1.29, 1.82) is 0 Å². The van der Waals surface area contributed by atoms with E-state index in [1.807, 2.05) is 25.1 Å². The van der Waals surface area contributed by atoms with Crippen molar-refractivity contribution in [3.05, 3.63) is 52.2 Å². The summed E-state index contributed by atoms with van der Waals surface area (Å²) in [6.07, 6.45) is 1.45. The maximum absolute atomic E-state index is 11.8. The average Bonchev–Trinajstić information content (AvgIpc) is 2.89. The molecule has 0 aliphatic carbocycles. The van der Waals surface area contributed by atoms with E-state index in [-0.39, 0.29) is 5.56 Å². The van der Waals surface area contributed by atoms with Crippen molar-refractivity contribution in [2.75, 3.05) is 5.73 Å². The molecule has 102 valence electrons. The van der Waals surface area contributed by atoms with Crippen LogP contribution in [-0.4, -0.2) is 19.6 Å². The Kier molecular flexibility index (Phi) is 3.19. The minimum atomic E-state index is -0.160. The Morgan fingerprint density at radius 2 is 2.25 bits per heavy atom. The maximum Gasteiger partial charge on any atom is 0.274 e. The lowest BCUT2D eigenvalue weighted by molar-refractivity contribution is 0.887. The summed E-state index contributed by atoms with van der Waals surface area (Å²) in [5, 5.41) is 2.71. The molecule has 0 atom stereocenters. The Morgan fingerprint density at radius 3 is 3.10 bits per heavy atom. The summed E-state index contributed by atoms with van der Waals surface area (Å²) in [5.41, 5.74) is 8.21. The Bertz CT molecular complexity index is 823. The van der Waals surface area contributed by atoms with E-state index in [9.17, 15) is 4.79 Å². The highest BCUT2D eigenvalue weighted by atomic mass is 32.2. The summed E-state index contributed by atoms with van der Waals surface area (Å²) >= 11 is 1.61. The van der Waals surface area contributed by atoms with Gasteiger partial charge in [-0.15, -0.1) is 11.8 Å². The van der Waals surface area contributed by atoms with E-state index in [0.29, 0.717) is 17.2 Å². The predicted molar refractivity (Wildman–Crippen MR) is 78.8 cm³/mol. The highest BCUT2D eigenvalue weighted by Gasteiger charge is 2.06. The number of aromatic amines is 1. The molecule has 3 aromatic rings. The molecular weight excluding hydrogens is 274 g/mol. The second kappa shape index (κ2) is 5.01. The number of nitrogens with zero attached hydrogens (tertiary/aromatic N) is 3. The number of nitrogens with one attached hydrogen (secondary N) is 1. The van der Waals surface area contributed by atoms with Gasteiger partial charge in [0, 0.05) is 22.4 Å². The van der Waals surface area contributed by atoms with E-state index in [0.717, 1.165) is 16.1 Å². The van der Waals surface area contributed by atoms with Crippen molar-refractivity contribution >= 4 is 23.2 Å². The van der Waals surface area contributed by atoms with Crippen LogP contribution in [0.4, 0.5) is 5.69 Å². The van der Waals surface area contributed by atoms with Gasteiger partial charge >= 0.3 is 0 Å². The van der Waals surface area contributed by atoms with E-state index in [1.54, 1.807) is 11.8 Å². The number of aromatic nitrogens is 4. The molecule has 0 unspecified atom stereocenters. The minimum absolute atomic E-state index is 0.160. The first-order valence-electron chi connectivity index (χ1n) is 6.04. The molecule has 20 heavy (non-hydrogen) atoms. The molecule has 0 radical (unpaired) electrons. The van der Waals surface area contributed by atoms with Crippen LogP contribution in [-0.2, 0) is 5.75 Å². The number of hydrogen-bond donors (Lipinski definition) is 2. The van der Waals surface area contributed by atoms with Crippen molar-refractivity contribution < 1.29 is 0 Å². The summed E-state index contributed by atoms with van der Waals surface area (Å²) in [6.45, 7) is 2.03. The van der Waals surface area contributed by atoms with E-state index in [4.69, 9.17) is 5.73 Å². The Balaban J connectivity index is 1.86. The third-order valence-electron chi connectivity index (χ3n) is 2.91. The summed E-state index contributed by atoms with van der Waals surface area (Å²) in [4.78, 5) is 21.2. The van der Waals surface area contributed by atoms with Gasteiger partial charge < -0.3 is 5.73 Å². The molecule has 0 amide bonds. The summed E-state index contributed by atoms with van der Waals surface area (Å²) in [7, 11) is 0. The smallest absolute Gasteiger partial charge is 0.274 e. The second-order valence-corrected chi connectivity index (χ2v) is 5.44. The molecular formula is C13H13N5OS. The molecule has 0 saturated carbocycles. The van der Waals surface area contributed by atoms with Gasteiger partial charge in [0.1, 0.15) is 6.33 Å². The summed E-state index contributed by atoms with van der Waals surface area (Å²) in [5.74, 6) is 0.987. The molecule has 7 heteroatoms. The number of anilines is 1. The number of aryl methyl sites for hydroxylation is 1. The molecule has 6 nitrogen and oxygen atoms in total. The van der Waals surface area contributed by atoms with Gasteiger partial charge in [-0.2, -0.15) is 4.52 Å². The normalized spacial score (nSPS) is 11.1. The SMILES string of the molecule is Cc1ccc(N)cc1SCc1cc(=O)n2[nH]cnc2n1. The largest absolute Gasteiger partial charge is 0.399 e. The molecule has 1 aromatic carbocycles. The molecule has 2 aromatic heterocycles. The van der Waals surface area contributed by atoms with Crippen LogP contribution >= 0.6 is 11.8 Å². The quantitative estimate of drug-likeness (QED) is 0.564. The molecule has 0 spiro atoms. The molecule has 0 aliphatic heterocycles. The molecule has 3 rings (SSSR count). The molecule has 0 fully saturated rings. The number of hydrogen-bond acceptors (Lipinski definition) is 5. The second-order valence-electron chi connectivity index (χ2n) is 4.42. The first kappa shape index (κ1) is 12.7. The lowest BCUT2D eigenvalue weighted by Crippen LogP contribution is -2.15. The number of H-pyrrole nitrogens is 1. The fraction of sp³-hybridized carbons (Fsp3) is 0.154. The fourth-order valence-electron chi connectivity index (χ4n) is 1.87. The zero-order valence-corrected chi connectivity index (χ0v) is 11.6. The number of nitrogens with two attached hydrogens (primary N) is 1. The van der Waals surface area contributed by atoms with Crippen molar-refractivity contribution in [3.8, 4) is 0 Å². The van der Waals surface area contributed by atoms with Crippen molar-refractivity contribution in [2.45, 2.75) is 17.6 Å². The summed E-state index contributed by atoms with van der Waals surface area (Å²) in [6, 6.07) is 7.30. The fourth-order valence-corrected chi connectivity index (χ4v) is 2.83. The van der Waals surface area contributed by atoms with Gasteiger partial charge in [0.25, 0.3) is 11.3 Å². The summed E-state index contributed by atoms with van der Waals surface area (Å²) < 4.78 is 1.31. The number of rotatable bonds is 3. The highest BCUT2D eigenvalue weighted by molar-refractivity contribution is 7.98. The van der Waals surface area contributed by atoms with Crippen LogP contribution in [0, 0.1) is 6.92 Å². The number of benzene rings is 1.